The predicted octanol–water partition coefficient (Wildman–Crippen LogP) is 6.10. The molecule has 0 unspecified atom stereocenters. The normalized spacial score (nSPS) is 10.6. The lowest BCUT2D eigenvalue weighted by Crippen LogP contribution is -2.04. The van der Waals surface area contributed by atoms with Gasteiger partial charge >= 0.3 is 0 Å². The summed E-state index contributed by atoms with van der Waals surface area (Å²) in [7, 11) is 0. The second kappa shape index (κ2) is 8.01. The van der Waals surface area contributed by atoms with Crippen LogP contribution in [0.4, 0.5) is 5.82 Å². The molecule has 1 N–H and O–H groups in total. The van der Waals surface area contributed by atoms with Gasteiger partial charge in [0.15, 0.2) is 0 Å². The van der Waals surface area contributed by atoms with Crippen LogP contribution in [0.25, 0.3) is 11.1 Å². The molecular formula is C24H26N2. The summed E-state index contributed by atoms with van der Waals surface area (Å²) in [4.78, 5) is 4.62. The van der Waals surface area contributed by atoms with Gasteiger partial charge in [-0.05, 0) is 48.6 Å². The predicted molar refractivity (Wildman–Crippen MR) is 111 cm³/mol. The number of nitrogens with one attached hydrogen (secondary N) is 1. The molecule has 2 nitrogen and oxygen atoms in total. The highest BCUT2D eigenvalue weighted by Crippen LogP contribution is 2.28. The fourth-order valence-electron chi connectivity index (χ4n) is 3.18. The average Bonchev–Trinajstić information content (AvgIpc) is 2.64. The van der Waals surface area contributed by atoms with Gasteiger partial charge in [0, 0.05) is 23.9 Å². The van der Waals surface area contributed by atoms with Gasteiger partial charge in [-0.2, -0.15) is 0 Å². The molecule has 1 heterocycles. The van der Waals surface area contributed by atoms with E-state index in [1.165, 1.54) is 33.4 Å². The molecule has 0 aliphatic carbocycles. The second-order valence-electron chi connectivity index (χ2n) is 6.79. The summed E-state index contributed by atoms with van der Waals surface area (Å²) in [5, 5.41) is 3.35. The highest BCUT2D eigenvalue weighted by atomic mass is 15.0. The standard InChI is InChI=1S/C24H26N2/c1-5-21-8-6-7-9-22(21)23-16-25-24(14-18(23)3)26-19(4)15-20-12-10-17(2)11-13-20/h6-14,16H,4-5,15H2,1-3H3,(H,25,26). The first kappa shape index (κ1) is 17.9. The molecule has 0 fully saturated rings. The van der Waals surface area contributed by atoms with E-state index in [0.29, 0.717) is 0 Å². The minimum Gasteiger partial charge on any atom is -0.344 e. The molecule has 3 rings (SSSR count). The maximum absolute atomic E-state index is 4.62. The van der Waals surface area contributed by atoms with Crippen molar-refractivity contribution in [2.45, 2.75) is 33.6 Å². The molecule has 26 heavy (non-hydrogen) atoms. The summed E-state index contributed by atoms with van der Waals surface area (Å²) in [6, 6.07) is 19.2. The van der Waals surface area contributed by atoms with Crippen LogP contribution in [0.1, 0.15) is 29.2 Å². The molecule has 0 atom stereocenters. The van der Waals surface area contributed by atoms with Crippen molar-refractivity contribution in [3.8, 4) is 11.1 Å². The summed E-state index contributed by atoms with van der Waals surface area (Å²) in [6.45, 7) is 10.6. The van der Waals surface area contributed by atoms with Crippen LogP contribution in [0.2, 0.25) is 0 Å². The van der Waals surface area contributed by atoms with Crippen molar-refractivity contribution < 1.29 is 0 Å². The molecule has 1 aromatic heterocycles. The summed E-state index contributed by atoms with van der Waals surface area (Å²) < 4.78 is 0. The Labute approximate surface area is 156 Å². The first-order valence-corrected chi connectivity index (χ1v) is 9.12. The van der Waals surface area contributed by atoms with Crippen LogP contribution in [-0.2, 0) is 12.8 Å². The zero-order chi connectivity index (χ0) is 18.5. The Morgan fingerprint density at radius 3 is 2.42 bits per heavy atom. The fourth-order valence-corrected chi connectivity index (χ4v) is 3.18. The van der Waals surface area contributed by atoms with Crippen LogP contribution in [0.3, 0.4) is 0 Å². The minimum atomic E-state index is 0.793. The Morgan fingerprint density at radius 1 is 1.00 bits per heavy atom. The quantitative estimate of drug-likeness (QED) is 0.586. The van der Waals surface area contributed by atoms with E-state index in [2.05, 4.69) is 92.2 Å². The zero-order valence-corrected chi connectivity index (χ0v) is 15.8. The van der Waals surface area contributed by atoms with Gasteiger partial charge in [0.25, 0.3) is 0 Å². The summed E-state index contributed by atoms with van der Waals surface area (Å²) in [5.41, 5.74) is 8.49. The molecule has 0 bridgehead atoms. The lowest BCUT2D eigenvalue weighted by Gasteiger charge is -2.14. The van der Waals surface area contributed by atoms with Crippen LogP contribution in [0.5, 0.6) is 0 Å². The Bertz CT molecular complexity index is 908. The molecule has 0 aliphatic heterocycles. The van der Waals surface area contributed by atoms with Crippen molar-refractivity contribution >= 4 is 5.82 Å². The van der Waals surface area contributed by atoms with E-state index in [1.807, 2.05) is 6.20 Å². The van der Waals surface area contributed by atoms with Crippen LogP contribution in [0, 0.1) is 13.8 Å². The van der Waals surface area contributed by atoms with E-state index < -0.39 is 0 Å². The van der Waals surface area contributed by atoms with E-state index in [9.17, 15) is 0 Å². The molecule has 132 valence electrons. The van der Waals surface area contributed by atoms with E-state index in [4.69, 9.17) is 0 Å². The Balaban J connectivity index is 1.75. The van der Waals surface area contributed by atoms with Crippen molar-refractivity contribution in [2.75, 3.05) is 5.32 Å². The van der Waals surface area contributed by atoms with Crippen molar-refractivity contribution in [3.63, 3.8) is 0 Å². The monoisotopic (exact) mass is 342 g/mol. The molecule has 0 saturated carbocycles. The van der Waals surface area contributed by atoms with Gasteiger partial charge in [0.05, 0.1) is 0 Å². The first-order valence-electron chi connectivity index (χ1n) is 9.12. The third-order valence-corrected chi connectivity index (χ3v) is 4.64. The van der Waals surface area contributed by atoms with Crippen LogP contribution < -0.4 is 5.32 Å². The SMILES string of the molecule is C=C(Cc1ccc(C)cc1)Nc1cc(C)c(-c2ccccc2CC)cn1. The number of nitrogens with zero attached hydrogens (tertiary/aromatic N) is 1. The number of aromatic nitrogens is 1. The van der Waals surface area contributed by atoms with Gasteiger partial charge in [0.1, 0.15) is 5.82 Å². The molecule has 0 amide bonds. The van der Waals surface area contributed by atoms with E-state index in [1.54, 1.807) is 0 Å². The molecular weight excluding hydrogens is 316 g/mol. The number of allylic oxidation sites excluding steroid dienone is 1. The maximum atomic E-state index is 4.62. The van der Waals surface area contributed by atoms with Gasteiger partial charge in [-0.15, -0.1) is 0 Å². The number of hydrogen-bond acceptors (Lipinski definition) is 2. The largest absolute Gasteiger partial charge is 0.344 e. The van der Waals surface area contributed by atoms with Gasteiger partial charge in [-0.1, -0.05) is 67.6 Å². The minimum absolute atomic E-state index is 0.793. The van der Waals surface area contributed by atoms with Crippen molar-refractivity contribution in [1.82, 2.24) is 4.98 Å². The molecule has 0 saturated heterocycles. The molecule has 0 spiro atoms. The molecule has 2 aromatic carbocycles. The zero-order valence-electron chi connectivity index (χ0n) is 15.8. The Hall–Kier alpha value is -2.87. The number of aryl methyl sites for hydroxylation is 3. The van der Waals surface area contributed by atoms with Gasteiger partial charge in [0.2, 0.25) is 0 Å². The Kier molecular flexibility index (Phi) is 5.52. The maximum Gasteiger partial charge on any atom is 0.130 e. The van der Waals surface area contributed by atoms with Crippen molar-refractivity contribution in [1.29, 1.82) is 0 Å². The van der Waals surface area contributed by atoms with E-state index in [0.717, 1.165) is 24.4 Å². The van der Waals surface area contributed by atoms with E-state index >= 15 is 0 Å². The van der Waals surface area contributed by atoms with Gasteiger partial charge in [-0.25, -0.2) is 4.98 Å². The van der Waals surface area contributed by atoms with Crippen molar-refractivity contribution in [3.05, 3.63) is 95.3 Å². The number of hydrogen-bond donors (Lipinski definition) is 1. The third kappa shape index (κ3) is 4.20. The highest BCUT2D eigenvalue weighted by molar-refractivity contribution is 5.71. The van der Waals surface area contributed by atoms with Gasteiger partial charge < -0.3 is 5.32 Å². The average molecular weight is 342 g/mol. The lowest BCUT2D eigenvalue weighted by atomic mass is 9.96. The molecule has 2 heteroatoms. The number of rotatable bonds is 6. The highest BCUT2D eigenvalue weighted by Gasteiger charge is 2.08. The summed E-state index contributed by atoms with van der Waals surface area (Å²) >= 11 is 0. The topological polar surface area (TPSA) is 24.9 Å². The molecule has 0 aliphatic rings. The summed E-state index contributed by atoms with van der Waals surface area (Å²) in [5.74, 6) is 0.845. The van der Waals surface area contributed by atoms with Crippen molar-refractivity contribution in [2.24, 2.45) is 0 Å². The number of pyridine rings is 1. The lowest BCUT2D eigenvalue weighted by molar-refractivity contribution is 1.12. The van der Waals surface area contributed by atoms with Crippen LogP contribution >= 0.6 is 0 Å². The fraction of sp³-hybridized carbons (Fsp3) is 0.208. The second-order valence-corrected chi connectivity index (χ2v) is 6.79. The van der Waals surface area contributed by atoms with Crippen LogP contribution in [0.15, 0.2) is 73.1 Å². The van der Waals surface area contributed by atoms with Crippen LogP contribution in [-0.4, -0.2) is 4.98 Å². The third-order valence-electron chi connectivity index (χ3n) is 4.64. The Morgan fingerprint density at radius 2 is 1.73 bits per heavy atom. The number of anilines is 1. The number of benzene rings is 2. The smallest absolute Gasteiger partial charge is 0.130 e. The molecule has 3 aromatic rings. The molecule has 0 radical (unpaired) electrons. The first-order chi connectivity index (χ1) is 12.6. The van der Waals surface area contributed by atoms with E-state index in [-0.39, 0.29) is 0 Å². The summed E-state index contributed by atoms with van der Waals surface area (Å²) in [6.07, 6.45) is 3.77. The van der Waals surface area contributed by atoms with Gasteiger partial charge in [-0.3, -0.25) is 0 Å².